The second-order valence-electron chi connectivity index (χ2n) is 4.29. The van der Waals surface area contributed by atoms with Gasteiger partial charge in [-0.05, 0) is 23.8 Å². The van der Waals surface area contributed by atoms with Crippen LogP contribution < -0.4 is 10.6 Å². The number of halogens is 1. The molecule has 1 amide bonds. The van der Waals surface area contributed by atoms with E-state index in [1.807, 2.05) is 42.5 Å². The number of amides is 1. The second-order valence-corrected chi connectivity index (χ2v) is 4.70. The molecule has 0 spiro atoms. The molecule has 0 unspecified atom stereocenters. The van der Waals surface area contributed by atoms with Crippen molar-refractivity contribution in [3.05, 3.63) is 64.9 Å². The van der Waals surface area contributed by atoms with Crippen LogP contribution in [0.5, 0.6) is 0 Å². The fourth-order valence-corrected chi connectivity index (χ4v) is 1.91. The summed E-state index contributed by atoms with van der Waals surface area (Å²) >= 11 is 6.03. The third-order valence-electron chi connectivity index (χ3n) is 2.75. The Labute approximate surface area is 123 Å². The van der Waals surface area contributed by atoms with Crippen LogP contribution in [0.4, 0.5) is 0 Å². The Morgan fingerprint density at radius 1 is 1.10 bits per heavy atom. The molecule has 104 valence electrons. The Morgan fingerprint density at radius 3 is 2.65 bits per heavy atom. The fourth-order valence-electron chi connectivity index (χ4n) is 1.71. The molecule has 2 rings (SSSR count). The van der Waals surface area contributed by atoms with E-state index >= 15 is 0 Å². The SMILES string of the molecule is O=C(CNCc1ccccc1Cl)NCc1ccccn1. The Morgan fingerprint density at radius 2 is 1.90 bits per heavy atom. The highest BCUT2D eigenvalue weighted by Gasteiger charge is 2.03. The topological polar surface area (TPSA) is 54.0 Å². The average Bonchev–Trinajstić information content (AvgIpc) is 2.48. The van der Waals surface area contributed by atoms with Gasteiger partial charge in [0, 0.05) is 17.8 Å². The van der Waals surface area contributed by atoms with E-state index in [2.05, 4.69) is 15.6 Å². The molecule has 1 aromatic carbocycles. The third kappa shape index (κ3) is 4.64. The van der Waals surface area contributed by atoms with Crippen LogP contribution in [0.1, 0.15) is 11.3 Å². The lowest BCUT2D eigenvalue weighted by atomic mass is 10.2. The number of hydrogen-bond donors (Lipinski definition) is 2. The maximum absolute atomic E-state index is 11.7. The first kappa shape index (κ1) is 14.5. The van der Waals surface area contributed by atoms with E-state index in [4.69, 9.17) is 11.6 Å². The van der Waals surface area contributed by atoms with E-state index in [1.54, 1.807) is 6.20 Å². The molecular formula is C15H16ClN3O. The maximum Gasteiger partial charge on any atom is 0.234 e. The van der Waals surface area contributed by atoms with Gasteiger partial charge in [-0.3, -0.25) is 9.78 Å². The lowest BCUT2D eigenvalue weighted by Gasteiger charge is -2.07. The molecule has 0 radical (unpaired) electrons. The van der Waals surface area contributed by atoms with Gasteiger partial charge in [0.25, 0.3) is 0 Å². The molecule has 2 N–H and O–H groups in total. The van der Waals surface area contributed by atoms with Gasteiger partial charge in [0.2, 0.25) is 5.91 Å². The number of pyridine rings is 1. The van der Waals surface area contributed by atoms with Crippen molar-refractivity contribution in [1.29, 1.82) is 0 Å². The Bertz CT molecular complexity index is 560. The first-order chi connectivity index (χ1) is 9.75. The van der Waals surface area contributed by atoms with Crippen molar-refractivity contribution in [2.75, 3.05) is 6.54 Å². The molecule has 0 fully saturated rings. The van der Waals surface area contributed by atoms with Crippen LogP contribution >= 0.6 is 11.6 Å². The molecule has 0 aliphatic rings. The smallest absolute Gasteiger partial charge is 0.234 e. The standard InChI is InChI=1S/C15H16ClN3O/c16-14-7-2-1-5-12(14)9-17-11-15(20)19-10-13-6-3-4-8-18-13/h1-8,17H,9-11H2,(H,19,20). The van der Waals surface area contributed by atoms with E-state index in [0.717, 1.165) is 11.3 Å². The van der Waals surface area contributed by atoms with E-state index in [-0.39, 0.29) is 12.5 Å². The summed E-state index contributed by atoms with van der Waals surface area (Å²) in [7, 11) is 0. The number of carbonyl (C=O) groups is 1. The lowest BCUT2D eigenvalue weighted by molar-refractivity contribution is -0.120. The molecule has 1 heterocycles. The molecule has 0 saturated carbocycles. The van der Waals surface area contributed by atoms with Crippen LogP contribution in [-0.2, 0) is 17.9 Å². The molecule has 0 bridgehead atoms. The van der Waals surface area contributed by atoms with Gasteiger partial charge < -0.3 is 10.6 Å². The normalized spacial score (nSPS) is 10.2. The number of benzene rings is 1. The minimum atomic E-state index is -0.0669. The van der Waals surface area contributed by atoms with Crippen LogP contribution in [0.3, 0.4) is 0 Å². The Hall–Kier alpha value is -1.91. The van der Waals surface area contributed by atoms with Gasteiger partial charge >= 0.3 is 0 Å². The van der Waals surface area contributed by atoms with Crippen molar-refractivity contribution < 1.29 is 4.79 Å². The molecular weight excluding hydrogens is 274 g/mol. The van der Waals surface area contributed by atoms with Crippen LogP contribution in [0.15, 0.2) is 48.7 Å². The molecule has 0 atom stereocenters. The number of nitrogens with zero attached hydrogens (tertiary/aromatic N) is 1. The highest BCUT2D eigenvalue weighted by atomic mass is 35.5. The molecule has 5 heteroatoms. The third-order valence-corrected chi connectivity index (χ3v) is 3.12. The Balaban J connectivity index is 1.69. The predicted molar refractivity (Wildman–Crippen MR) is 79.2 cm³/mol. The number of aromatic nitrogens is 1. The zero-order valence-corrected chi connectivity index (χ0v) is 11.7. The predicted octanol–water partition coefficient (Wildman–Crippen LogP) is 2.14. The van der Waals surface area contributed by atoms with Crippen molar-refractivity contribution in [1.82, 2.24) is 15.6 Å². The van der Waals surface area contributed by atoms with Crippen LogP contribution in [0, 0.1) is 0 Å². The van der Waals surface area contributed by atoms with Crippen LogP contribution in [0.2, 0.25) is 5.02 Å². The highest BCUT2D eigenvalue weighted by Crippen LogP contribution is 2.13. The average molecular weight is 290 g/mol. The molecule has 0 aliphatic heterocycles. The van der Waals surface area contributed by atoms with Gasteiger partial charge in [-0.1, -0.05) is 35.9 Å². The summed E-state index contributed by atoms with van der Waals surface area (Å²) in [5, 5.41) is 6.57. The van der Waals surface area contributed by atoms with Gasteiger partial charge in [0.1, 0.15) is 0 Å². The van der Waals surface area contributed by atoms with Gasteiger partial charge in [0.05, 0.1) is 18.8 Å². The summed E-state index contributed by atoms with van der Waals surface area (Å²) < 4.78 is 0. The molecule has 1 aromatic heterocycles. The number of hydrogen-bond acceptors (Lipinski definition) is 3. The monoisotopic (exact) mass is 289 g/mol. The largest absolute Gasteiger partial charge is 0.349 e. The van der Waals surface area contributed by atoms with Crippen molar-refractivity contribution >= 4 is 17.5 Å². The summed E-state index contributed by atoms with van der Waals surface area (Å²) in [5.74, 6) is -0.0669. The van der Waals surface area contributed by atoms with E-state index < -0.39 is 0 Å². The van der Waals surface area contributed by atoms with Gasteiger partial charge in [0.15, 0.2) is 0 Å². The van der Waals surface area contributed by atoms with Gasteiger partial charge in [-0.2, -0.15) is 0 Å². The minimum absolute atomic E-state index is 0.0669. The van der Waals surface area contributed by atoms with E-state index in [0.29, 0.717) is 18.1 Å². The lowest BCUT2D eigenvalue weighted by Crippen LogP contribution is -2.33. The van der Waals surface area contributed by atoms with Crippen molar-refractivity contribution in [3.8, 4) is 0 Å². The van der Waals surface area contributed by atoms with Crippen molar-refractivity contribution in [2.45, 2.75) is 13.1 Å². The van der Waals surface area contributed by atoms with Crippen molar-refractivity contribution in [2.24, 2.45) is 0 Å². The first-order valence-electron chi connectivity index (χ1n) is 6.36. The van der Waals surface area contributed by atoms with Crippen molar-refractivity contribution in [3.63, 3.8) is 0 Å². The van der Waals surface area contributed by atoms with Gasteiger partial charge in [-0.25, -0.2) is 0 Å². The number of rotatable bonds is 6. The molecule has 2 aromatic rings. The van der Waals surface area contributed by atoms with E-state index in [9.17, 15) is 4.79 Å². The second kappa shape index (κ2) is 7.62. The van der Waals surface area contributed by atoms with E-state index in [1.165, 1.54) is 0 Å². The fraction of sp³-hybridized carbons (Fsp3) is 0.200. The summed E-state index contributed by atoms with van der Waals surface area (Å²) in [6.07, 6.45) is 1.71. The molecule has 20 heavy (non-hydrogen) atoms. The molecule has 0 aliphatic carbocycles. The number of carbonyl (C=O) groups excluding carboxylic acids is 1. The number of nitrogens with one attached hydrogen (secondary N) is 2. The first-order valence-corrected chi connectivity index (χ1v) is 6.74. The summed E-state index contributed by atoms with van der Waals surface area (Å²) in [6.45, 7) is 1.25. The quantitative estimate of drug-likeness (QED) is 0.857. The zero-order chi connectivity index (χ0) is 14.2. The van der Waals surface area contributed by atoms with Crippen LogP contribution in [0.25, 0.3) is 0 Å². The minimum Gasteiger partial charge on any atom is -0.349 e. The zero-order valence-electron chi connectivity index (χ0n) is 11.0. The summed E-state index contributed by atoms with van der Waals surface area (Å²) in [4.78, 5) is 15.8. The summed E-state index contributed by atoms with van der Waals surface area (Å²) in [6, 6.07) is 13.2. The van der Waals surface area contributed by atoms with Crippen LogP contribution in [-0.4, -0.2) is 17.4 Å². The molecule has 4 nitrogen and oxygen atoms in total. The molecule has 0 saturated heterocycles. The maximum atomic E-state index is 11.7. The Kier molecular flexibility index (Phi) is 5.53. The van der Waals surface area contributed by atoms with Gasteiger partial charge in [-0.15, -0.1) is 0 Å². The highest BCUT2D eigenvalue weighted by molar-refractivity contribution is 6.31. The summed E-state index contributed by atoms with van der Waals surface area (Å²) in [5.41, 5.74) is 1.82.